The zero-order chi connectivity index (χ0) is 9.97. The maximum Gasteiger partial charge on any atom is 0.0226 e. The van der Waals surface area contributed by atoms with Crippen LogP contribution in [0.4, 0.5) is 0 Å². The monoisotopic (exact) mass is 194 g/mol. The molecular formula is C12H22N2. The third-order valence-electron chi connectivity index (χ3n) is 5.02. The quantitative estimate of drug-likeness (QED) is 0.687. The van der Waals surface area contributed by atoms with Crippen LogP contribution in [0.2, 0.25) is 0 Å². The fraction of sp³-hybridized carbons (Fsp3) is 1.00. The van der Waals surface area contributed by atoms with E-state index >= 15 is 0 Å². The largest absolute Gasteiger partial charge is 0.325 e. The Morgan fingerprint density at radius 1 is 1.07 bits per heavy atom. The van der Waals surface area contributed by atoms with E-state index in [0.717, 1.165) is 11.8 Å². The first-order chi connectivity index (χ1) is 6.51. The lowest BCUT2D eigenvalue weighted by molar-refractivity contribution is -0.0817. The molecule has 2 heteroatoms. The Kier molecular flexibility index (Phi) is 1.66. The van der Waals surface area contributed by atoms with Crippen molar-refractivity contribution in [2.45, 2.75) is 49.6 Å². The fourth-order valence-electron chi connectivity index (χ4n) is 4.81. The SMILES string of the molecule is CN(C)C12CC3CC(CC(N)(C3)C1)C2. The van der Waals surface area contributed by atoms with Gasteiger partial charge in [-0.25, -0.2) is 0 Å². The zero-order valence-electron chi connectivity index (χ0n) is 9.42. The minimum Gasteiger partial charge on any atom is -0.325 e. The van der Waals surface area contributed by atoms with E-state index in [9.17, 15) is 0 Å². The van der Waals surface area contributed by atoms with Gasteiger partial charge in [-0.15, -0.1) is 0 Å². The highest BCUT2D eigenvalue weighted by atomic mass is 15.2. The van der Waals surface area contributed by atoms with Gasteiger partial charge in [0.05, 0.1) is 0 Å². The number of hydrogen-bond acceptors (Lipinski definition) is 2. The third kappa shape index (κ3) is 1.10. The van der Waals surface area contributed by atoms with Crippen LogP contribution in [0.15, 0.2) is 0 Å². The molecule has 0 aliphatic heterocycles. The van der Waals surface area contributed by atoms with Crippen LogP contribution in [0.25, 0.3) is 0 Å². The van der Waals surface area contributed by atoms with Gasteiger partial charge in [-0.1, -0.05) is 0 Å². The topological polar surface area (TPSA) is 29.3 Å². The highest BCUT2D eigenvalue weighted by Gasteiger charge is 2.56. The highest BCUT2D eigenvalue weighted by Crippen LogP contribution is 2.58. The molecule has 0 aromatic heterocycles. The van der Waals surface area contributed by atoms with Crippen molar-refractivity contribution in [1.82, 2.24) is 4.90 Å². The molecular weight excluding hydrogens is 172 g/mol. The van der Waals surface area contributed by atoms with Crippen LogP contribution in [0.5, 0.6) is 0 Å². The second kappa shape index (κ2) is 2.53. The lowest BCUT2D eigenvalue weighted by Gasteiger charge is -2.63. The maximum absolute atomic E-state index is 6.52. The van der Waals surface area contributed by atoms with Crippen LogP contribution in [-0.2, 0) is 0 Å². The van der Waals surface area contributed by atoms with Crippen molar-refractivity contribution in [3.8, 4) is 0 Å². The Bertz CT molecular complexity index is 245. The molecule has 0 saturated heterocycles. The number of hydrogen-bond donors (Lipinski definition) is 1. The van der Waals surface area contributed by atoms with E-state index in [1.807, 2.05) is 0 Å². The Balaban J connectivity index is 1.96. The molecule has 0 aromatic rings. The molecule has 0 heterocycles. The van der Waals surface area contributed by atoms with Gasteiger partial charge in [0.25, 0.3) is 0 Å². The normalized spacial score (nSPS) is 55.7. The Morgan fingerprint density at radius 2 is 1.64 bits per heavy atom. The van der Waals surface area contributed by atoms with E-state index in [1.165, 1.54) is 38.5 Å². The fourth-order valence-corrected chi connectivity index (χ4v) is 4.81. The first-order valence-electron chi connectivity index (χ1n) is 5.98. The highest BCUT2D eigenvalue weighted by molar-refractivity contribution is 5.14. The first-order valence-corrected chi connectivity index (χ1v) is 5.98. The van der Waals surface area contributed by atoms with Gasteiger partial charge >= 0.3 is 0 Å². The molecule has 2 nitrogen and oxygen atoms in total. The van der Waals surface area contributed by atoms with Crippen LogP contribution < -0.4 is 5.73 Å². The molecule has 4 rings (SSSR count). The summed E-state index contributed by atoms with van der Waals surface area (Å²) in [5.41, 5.74) is 7.19. The van der Waals surface area contributed by atoms with Crippen molar-refractivity contribution in [1.29, 1.82) is 0 Å². The van der Waals surface area contributed by atoms with Crippen LogP contribution in [0.1, 0.15) is 38.5 Å². The van der Waals surface area contributed by atoms with Gasteiger partial charge in [0, 0.05) is 11.1 Å². The Hall–Kier alpha value is -0.0800. The molecule has 4 aliphatic carbocycles. The molecule has 0 amide bonds. The van der Waals surface area contributed by atoms with E-state index in [4.69, 9.17) is 5.73 Å². The van der Waals surface area contributed by atoms with Gasteiger partial charge in [0.1, 0.15) is 0 Å². The Morgan fingerprint density at radius 3 is 2.07 bits per heavy atom. The number of nitrogens with zero attached hydrogens (tertiary/aromatic N) is 1. The molecule has 4 saturated carbocycles. The number of nitrogens with two attached hydrogens (primary N) is 1. The standard InChI is InChI=1S/C12H22N2/c1-14(2)12-6-9-3-10(7-12)5-11(13,4-9)8-12/h9-10H,3-8,13H2,1-2H3. The Labute approximate surface area is 86.8 Å². The summed E-state index contributed by atoms with van der Waals surface area (Å²) in [6, 6.07) is 0. The average Bonchev–Trinajstić information content (AvgIpc) is 1.98. The summed E-state index contributed by atoms with van der Waals surface area (Å²) in [5, 5.41) is 0. The lowest BCUT2D eigenvalue weighted by atomic mass is 9.50. The van der Waals surface area contributed by atoms with Gasteiger partial charge in [-0.2, -0.15) is 0 Å². The molecule has 4 fully saturated rings. The molecule has 4 aliphatic rings. The van der Waals surface area contributed by atoms with E-state index in [2.05, 4.69) is 19.0 Å². The molecule has 0 aromatic carbocycles. The van der Waals surface area contributed by atoms with Crippen molar-refractivity contribution in [2.75, 3.05) is 14.1 Å². The molecule has 2 N–H and O–H groups in total. The molecule has 80 valence electrons. The van der Waals surface area contributed by atoms with Crippen LogP contribution >= 0.6 is 0 Å². The van der Waals surface area contributed by atoms with Gasteiger partial charge < -0.3 is 10.6 Å². The summed E-state index contributed by atoms with van der Waals surface area (Å²) < 4.78 is 0. The smallest absolute Gasteiger partial charge is 0.0226 e. The van der Waals surface area contributed by atoms with Crippen LogP contribution in [0, 0.1) is 11.8 Å². The summed E-state index contributed by atoms with van der Waals surface area (Å²) in [6.07, 6.45) is 8.15. The summed E-state index contributed by atoms with van der Waals surface area (Å²) in [7, 11) is 4.49. The second-order valence-corrected chi connectivity index (χ2v) is 6.44. The second-order valence-electron chi connectivity index (χ2n) is 6.44. The first kappa shape index (κ1) is 9.17. The van der Waals surface area contributed by atoms with Crippen molar-refractivity contribution >= 4 is 0 Å². The van der Waals surface area contributed by atoms with E-state index in [1.54, 1.807) is 0 Å². The van der Waals surface area contributed by atoms with Gasteiger partial charge in [-0.05, 0) is 64.5 Å². The summed E-state index contributed by atoms with van der Waals surface area (Å²) in [4.78, 5) is 2.46. The molecule has 14 heavy (non-hydrogen) atoms. The van der Waals surface area contributed by atoms with E-state index in [0.29, 0.717) is 5.54 Å². The van der Waals surface area contributed by atoms with Crippen LogP contribution in [0.3, 0.4) is 0 Å². The zero-order valence-corrected chi connectivity index (χ0v) is 9.42. The molecule has 0 radical (unpaired) electrons. The summed E-state index contributed by atoms with van der Waals surface area (Å²) in [5.74, 6) is 1.87. The van der Waals surface area contributed by atoms with Crippen molar-refractivity contribution in [2.24, 2.45) is 17.6 Å². The minimum absolute atomic E-state index is 0.203. The average molecular weight is 194 g/mol. The van der Waals surface area contributed by atoms with E-state index in [-0.39, 0.29) is 5.54 Å². The molecule has 0 spiro atoms. The summed E-state index contributed by atoms with van der Waals surface area (Å²) in [6.45, 7) is 0. The van der Waals surface area contributed by atoms with Gasteiger partial charge in [-0.3, -0.25) is 0 Å². The molecule has 2 unspecified atom stereocenters. The molecule has 4 bridgehead atoms. The number of rotatable bonds is 1. The predicted octanol–water partition coefficient (Wildman–Crippen LogP) is 1.60. The van der Waals surface area contributed by atoms with Crippen LogP contribution in [-0.4, -0.2) is 30.1 Å². The lowest BCUT2D eigenvalue weighted by Crippen LogP contribution is -2.66. The summed E-state index contributed by atoms with van der Waals surface area (Å²) >= 11 is 0. The van der Waals surface area contributed by atoms with Gasteiger partial charge in [0.2, 0.25) is 0 Å². The maximum atomic E-state index is 6.52. The van der Waals surface area contributed by atoms with Crippen molar-refractivity contribution in [3.05, 3.63) is 0 Å². The van der Waals surface area contributed by atoms with Crippen molar-refractivity contribution < 1.29 is 0 Å². The predicted molar refractivity (Wildman–Crippen MR) is 58.0 cm³/mol. The molecule has 2 atom stereocenters. The minimum atomic E-state index is 0.203. The third-order valence-corrected chi connectivity index (χ3v) is 5.02. The van der Waals surface area contributed by atoms with E-state index < -0.39 is 0 Å². The van der Waals surface area contributed by atoms with Crippen molar-refractivity contribution in [3.63, 3.8) is 0 Å². The van der Waals surface area contributed by atoms with Gasteiger partial charge in [0.15, 0.2) is 0 Å².